The molecule has 5 heteroatoms. The second-order valence-electron chi connectivity index (χ2n) is 5.07. The lowest BCUT2D eigenvalue weighted by molar-refractivity contribution is 0.0914. The maximum Gasteiger partial charge on any atom is 0.255 e. The Morgan fingerprint density at radius 3 is 3.11 bits per heavy atom. The number of amides is 1. The van der Waals surface area contributed by atoms with Crippen LogP contribution in [0.5, 0.6) is 0 Å². The molecule has 1 aliphatic rings. The van der Waals surface area contributed by atoms with Crippen LogP contribution >= 0.6 is 0 Å². The Kier molecular flexibility index (Phi) is 4.01. The van der Waals surface area contributed by atoms with Gasteiger partial charge in [-0.15, -0.1) is 0 Å². The van der Waals surface area contributed by atoms with Crippen LogP contribution in [0.4, 0.5) is 0 Å². The third-order valence-electron chi connectivity index (χ3n) is 3.63. The lowest BCUT2D eigenvalue weighted by Gasteiger charge is -2.30. The summed E-state index contributed by atoms with van der Waals surface area (Å²) in [6.45, 7) is 6.11. The number of aryl methyl sites for hydroxylation is 2. The summed E-state index contributed by atoms with van der Waals surface area (Å²) in [7, 11) is 1.85. The maximum absolute atomic E-state index is 12.3. The Balaban J connectivity index is 2.06. The molecule has 1 saturated heterocycles. The third-order valence-corrected chi connectivity index (χ3v) is 3.63. The fourth-order valence-corrected chi connectivity index (χ4v) is 2.41. The third kappa shape index (κ3) is 2.72. The van der Waals surface area contributed by atoms with Crippen LogP contribution in [-0.4, -0.2) is 34.8 Å². The highest BCUT2D eigenvalue weighted by molar-refractivity contribution is 5.95. The highest BCUT2D eigenvalue weighted by Gasteiger charge is 2.24. The van der Waals surface area contributed by atoms with Gasteiger partial charge in [-0.3, -0.25) is 9.48 Å². The summed E-state index contributed by atoms with van der Waals surface area (Å²) in [6.07, 6.45) is 3.69. The van der Waals surface area contributed by atoms with Crippen LogP contribution < -0.4 is 10.6 Å². The van der Waals surface area contributed by atoms with Gasteiger partial charge in [0.1, 0.15) is 0 Å². The Labute approximate surface area is 108 Å². The van der Waals surface area contributed by atoms with E-state index in [1.165, 1.54) is 0 Å². The monoisotopic (exact) mass is 250 g/mol. The van der Waals surface area contributed by atoms with Crippen molar-refractivity contribution in [3.8, 4) is 0 Å². The average Bonchev–Trinajstić information content (AvgIpc) is 2.73. The molecule has 100 valence electrons. The molecule has 2 heterocycles. The zero-order chi connectivity index (χ0) is 13.1. The van der Waals surface area contributed by atoms with Crippen LogP contribution in [0.3, 0.4) is 0 Å². The summed E-state index contributed by atoms with van der Waals surface area (Å²) in [6, 6.07) is 0.219. The Hall–Kier alpha value is -1.36. The van der Waals surface area contributed by atoms with Gasteiger partial charge in [-0.05, 0) is 25.3 Å². The molecule has 0 aromatic carbocycles. The molecule has 0 aliphatic carbocycles. The summed E-state index contributed by atoms with van der Waals surface area (Å²) in [5.41, 5.74) is 1.57. The highest BCUT2D eigenvalue weighted by atomic mass is 16.1. The molecule has 0 radical (unpaired) electrons. The Bertz CT molecular complexity index is 427. The minimum Gasteiger partial charge on any atom is -0.348 e. The quantitative estimate of drug-likeness (QED) is 0.830. The summed E-state index contributed by atoms with van der Waals surface area (Å²) in [5.74, 6) is 0.525. The van der Waals surface area contributed by atoms with E-state index in [0.29, 0.717) is 11.5 Å². The smallest absolute Gasteiger partial charge is 0.255 e. The van der Waals surface area contributed by atoms with Crippen LogP contribution in [0.25, 0.3) is 0 Å². The average molecular weight is 250 g/mol. The minimum absolute atomic E-state index is 0.000463. The Morgan fingerprint density at radius 2 is 2.44 bits per heavy atom. The lowest BCUT2D eigenvalue weighted by atomic mass is 9.94. The molecule has 0 saturated carbocycles. The van der Waals surface area contributed by atoms with Crippen molar-refractivity contribution in [1.29, 1.82) is 0 Å². The van der Waals surface area contributed by atoms with Gasteiger partial charge >= 0.3 is 0 Å². The first-order chi connectivity index (χ1) is 8.61. The molecule has 0 bridgehead atoms. The van der Waals surface area contributed by atoms with Gasteiger partial charge in [-0.1, -0.05) is 13.8 Å². The predicted octanol–water partition coefficient (Wildman–Crippen LogP) is 0.710. The molecule has 0 spiro atoms. The van der Waals surface area contributed by atoms with Crippen molar-refractivity contribution in [3.63, 3.8) is 0 Å². The topological polar surface area (TPSA) is 59.0 Å². The van der Waals surface area contributed by atoms with Gasteiger partial charge < -0.3 is 10.6 Å². The molecule has 1 amide bonds. The summed E-state index contributed by atoms with van der Waals surface area (Å²) in [4.78, 5) is 12.3. The van der Waals surface area contributed by atoms with E-state index in [1.807, 2.05) is 14.0 Å². The van der Waals surface area contributed by atoms with Crippen LogP contribution in [0.15, 0.2) is 6.20 Å². The van der Waals surface area contributed by atoms with E-state index in [-0.39, 0.29) is 11.9 Å². The number of hydrogen-bond acceptors (Lipinski definition) is 3. The van der Waals surface area contributed by atoms with Gasteiger partial charge in [0.05, 0.1) is 11.3 Å². The molecular formula is C13H22N4O. The van der Waals surface area contributed by atoms with E-state index in [4.69, 9.17) is 0 Å². The van der Waals surface area contributed by atoms with Gasteiger partial charge in [0.2, 0.25) is 0 Å². The number of nitrogens with zero attached hydrogens (tertiary/aromatic N) is 2. The van der Waals surface area contributed by atoms with Crippen LogP contribution in [-0.2, 0) is 13.5 Å². The molecule has 1 aliphatic heterocycles. The second kappa shape index (κ2) is 5.52. The normalized spacial score (nSPS) is 23.9. The molecule has 1 fully saturated rings. The molecule has 18 heavy (non-hydrogen) atoms. The standard InChI is InChI=1S/C13H22N4O/c1-4-11-10(8-17(3)16-11)13(18)15-12-7-14-6-5-9(12)2/h8-9,12,14H,4-7H2,1-3H3,(H,15,18). The minimum atomic E-state index is 0.000463. The predicted molar refractivity (Wildman–Crippen MR) is 70.5 cm³/mol. The fourth-order valence-electron chi connectivity index (χ4n) is 2.41. The van der Waals surface area contributed by atoms with E-state index in [9.17, 15) is 4.79 Å². The molecule has 2 N–H and O–H groups in total. The van der Waals surface area contributed by atoms with E-state index < -0.39 is 0 Å². The van der Waals surface area contributed by atoms with Crippen molar-refractivity contribution in [2.45, 2.75) is 32.7 Å². The molecule has 5 nitrogen and oxygen atoms in total. The highest BCUT2D eigenvalue weighted by Crippen LogP contribution is 2.13. The number of rotatable bonds is 3. The number of hydrogen-bond donors (Lipinski definition) is 2. The molecule has 2 atom stereocenters. The SMILES string of the molecule is CCc1nn(C)cc1C(=O)NC1CNCCC1C. The van der Waals surface area contributed by atoms with Crippen molar-refractivity contribution in [3.05, 3.63) is 17.5 Å². The fraction of sp³-hybridized carbons (Fsp3) is 0.692. The van der Waals surface area contributed by atoms with Gasteiger partial charge in [-0.25, -0.2) is 0 Å². The molecule has 2 unspecified atom stereocenters. The first-order valence-corrected chi connectivity index (χ1v) is 6.66. The van der Waals surface area contributed by atoms with Crippen molar-refractivity contribution in [2.24, 2.45) is 13.0 Å². The van der Waals surface area contributed by atoms with E-state index in [1.54, 1.807) is 10.9 Å². The largest absolute Gasteiger partial charge is 0.348 e. The van der Waals surface area contributed by atoms with Crippen molar-refractivity contribution in [2.75, 3.05) is 13.1 Å². The van der Waals surface area contributed by atoms with Crippen molar-refractivity contribution < 1.29 is 4.79 Å². The Morgan fingerprint density at radius 1 is 1.67 bits per heavy atom. The second-order valence-corrected chi connectivity index (χ2v) is 5.07. The number of piperidine rings is 1. The van der Waals surface area contributed by atoms with Crippen LogP contribution in [0.2, 0.25) is 0 Å². The summed E-state index contributed by atoms with van der Waals surface area (Å²) in [5, 5.41) is 10.7. The first kappa shape index (κ1) is 13.1. The zero-order valence-corrected chi connectivity index (χ0v) is 11.4. The number of aromatic nitrogens is 2. The first-order valence-electron chi connectivity index (χ1n) is 6.66. The van der Waals surface area contributed by atoms with Crippen molar-refractivity contribution >= 4 is 5.91 Å². The zero-order valence-electron chi connectivity index (χ0n) is 11.4. The molecule has 2 rings (SSSR count). The van der Waals surface area contributed by atoms with Gasteiger partial charge in [0.15, 0.2) is 0 Å². The van der Waals surface area contributed by atoms with Crippen LogP contribution in [0.1, 0.15) is 36.3 Å². The van der Waals surface area contributed by atoms with E-state index >= 15 is 0 Å². The lowest BCUT2D eigenvalue weighted by Crippen LogP contribution is -2.50. The summed E-state index contributed by atoms with van der Waals surface area (Å²) >= 11 is 0. The summed E-state index contributed by atoms with van der Waals surface area (Å²) < 4.78 is 1.70. The maximum atomic E-state index is 12.3. The molecular weight excluding hydrogens is 228 g/mol. The molecule has 1 aromatic heterocycles. The van der Waals surface area contributed by atoms with E-state index in [2.05, 4.69) is 22.7 Å². The van der Waals surface area contributed by atoms with Gasteiger partial charge in [0.25, 0.3) is 5.91 Å². The van der Waals surface area contributed by atoms with Crippen LogP contribution in [0, 0.1) is 5.92 Å². The van der Waals surface area contributed by atoms with Gasteiger partial charge in [-0.2, -0.15) is 5.10 Å². The van der Waals surface area contributed by atoms with E-state index in [0.717, 1.165) is 31.6 Å². The number of nitrogens with one attached hydrogen (secondary N) is 2. The van der Waals surface area contributed by atoms with Crippen molar-refractivity contribution in [1.82, 2.24) is 20.4 Å². The van der Waals surface area contributed by atoms with Gasteiger partial charge in [0, 0.05) is 25.8 Å². The molecule has 1 aromatic rings. The number of carbonyl (C=O) groups excluding carboxylic acids is 1. The number of carbonyl (C=O) groups is 1.